The van der Waals surface area contributed by atoms with E-state index in [4.69, 9.17) is 4.74 Å². The summed E-state index contributed by atoms with van der Waals surface area (Å²) >= 11 is 0. The van der Waals surface area contributed by atoms with Crippen LogP contribution < -0.4 is 26.1 Å². The van der Waals surface area contributed by atoms with E-state index >= 15 is 0 Å². The maximum Gasteiger partial charge on any atom is 0.326 e. The molecule has 1 aromatic heterocycles. The van der Waals surface area contributed by atoms with Gasteiger partial charge >= 0.3 is 6.03 Å². The summed E-state index contributed by atoms with van der Waals surface area (Å²) in [6.07, 6.45) is 6.11. The van der Waals surface area contributed by atoms with E-state index in [2.05, 4.69) is 32.8 Å². The Morgan fingerprint density at radius 3 is 2.67 bits per heavy atom. The normalized spacial score (nSPS) is 12.6. The SMILES string of the molecule is COc1ccc(NC(=O)Nc2nc3c([nH]2)=CCCC=3)cc1. The van der Waals surface area contributed by atoms with E-state index < -0.39 is 0 Å². The van der Waals surface area contributed by atoms with Crippen LogP contribution in [0.1, 0.15) is 12.8 Å². The van der Waals surface area contributed by atoms with Crippen LogP contribution in [0.15, 0.2) is 24.3 Å². The second kappa shape index (κ2) is 5.70. The van der Waals surface area contributed by atoms with Crippen LogP contribution >= 0.6 is 0 Å². The fraction of sp³-hybridized carbons (Fsp3) is 0.200. The van der Waals surface area contributed by atoms with Gasteiger partial charge in [-0.25, -0.2) is 9.78 Å². The number of hydrogen-bond donors (Lipinski definition) is 3. The summed E-state index contributed by atoms with van der Waals surface area (Å²) in [5.41, 5.74) is 0.683. The summed E-state index contributed by atoms with van der Waals surface area (Å²) in [4.78, 5) is 19.3. The summed E-state index contributed by atoms with van der Waals surface area (Å²) < 4.78 is 5.07. The van der Waals surface area contributed by atoms with Gasteiger partial charge in [0, 0.05) is 5.69 Å². The smallest absolute Gasteiger partial charge is 0.326 e. The molecule has 0 saturated heterocycles. The lowest BCUT2D eigenvalue weighted by atomic mass is 10.2. The van der Waals surface area contributed by atoms with Gasteiger partial charge in [-0.2, -0.15) is 0 Å². The molecule has 2 aromatic rings. The highest BCUT2D eigenvalue weighted by Gasteiger charge is 2.06. The molecule has 1 aliphatic rings. The van der Waals surface area contributed by atoms with Gasteiger partial charge in [0.1, 0.15) is 5.75 Å². The monoisotopic (exact) mass is 284 g/mol. The van der Waals surface area contributed by atoms with E-state index in [9.17, 15) is 4.79 Å². The van der Waals surface area contributed by atoms with Crippen LogP contribution in [0.3, 0.4) is 0 Å². The standard InChI is InChI=1S/C15H16N4O2/c1-21-11-8-6-10(7-9-11)16-15(20)19-14-17-12-4-2-3-5-13(12)18-14/h4-9H,2-3H2,1H3,(H3,16,17,18,19,20). The highest BCUT2D eigenvalue weighted by Crippen LogP contribution is 2.14. The second-order valence-electron chi connectivity index (χ2n) is 4.68. The maximum atomic E-state index is 11.9. The number of ether oxygens (including phenoxy) is 1. The molecular formula is C15H16N4O2. The number of H-pyrrole nitrogens is 1. The third-order valence-corrected chi connectivity index (χ3v) is 3.19. The molecule has 1 aliphatic carbocycles. The van der Waals surface area contributed by atoms with Crippen molar-refractivity contribution in [2.24, 2.45) is 0 Å². The first-order valence-electron chi connectivity index (χ1n) is 6.73. The summed E-state index contributed by atoms with van der Waals surface area (Å²) in [6.45, 7) is 0. The number of methoxy groups -OCH3 is 1. The van der Waals surface area contributed by atoms with Gasteiger partial charge in [0.05, 0.1) is 17.8 Å². The molecule has 2 amide bonds. The predicted octanol–water partition coefficient (Wildman–Crippen LogP) is 1.42. The zero-order valence-electron chi connectivity index (χ0n) is 11.6. The predicted molar refractivity (Wildman–Crippen MR) is 81.6 cm³/mol. The Hall–Kier alpha value is -2.76. The first-order chi connectivity index (χ1) is 10.2. The minimum atomic E-state index is -0.341. The number of hydrogen-bond acceptors (Lipinski definition) is 3. The molecule has 3 rings (SSSR count). The van der Waals surface area contributed by atoms with E-state index in [0.29, 0.717) is 11.6 Å². The van der Waals surface area contributed by atoms with Gasteiger partial charge in [-0.05, 0) is 37.1 Å². The van der Waals surface area contributed by atoms with Crippen LogP contribution in [-0.2, 0) is 0 Å². The fourth-order valence-electron chi connectivity index (χ4n) is 2.16. The first-order valence-corrected chi connectivity index (χ1v) is 6.73. The molecule has 0 fully saturated rings. The quantitative estimate of drug-likeness (QED) is 0.797. The van der Waals surface area contributed by atoms with Crippen molar-refractivity contribution in [2.75, 3.05) is 17.7 Å². The number of rotatable bonds is 3. The zero-order chi connectivity index (χ0) is 14.7. The molecule has 0 spiro atoms. The van der Waals surface area contributed by atoms with Gasteiger partial charge in [-0.3, -0.25) is 5.32 Å². The third kappa shape index (κ3) is 3.05. The highest BCUT2D eigenvalue weighted by molar-refractivity contribution is 5.98. The number of nitrogens with zero attached hydrogens (tertiary/aromatic N) is 1. The molecule has 0 atom stereocenters. The summed E-state index contributed by atoms with van der Waals surface area (Å²) in [5, 5.41) is 7.27. The van der Waals surface area contributed by atoms with Crippen molar-refractivity contribution in [2.45, 2.75) is 12.8 Å². The number of aromatic nitrogens is 2. The molecular weight excluding hydrogens is 268 g/mol. The third-order valence-electron chi connectivity index (χ3n) is 3.19. The fourth-order valence-corrected chi connectivity index (χ4v) is 2.16. The Morgan fingerprint density at radius 2 is 1.95 bits per heavy atom. The number of nitrogens with one attached hydrogen (secondary N) is 3. The summed E-state index contributed by atoms with van der Waals surface area (Å²) in [5.74, 6) is 1.19. The summed E-state index contributed by atoms with van der Waals surface area (Å²) in [7, 11) is 1.60. The van der Waals surface area contributed by atoms with Crippen LogP contribution in [0.5, 0.6) is 5.75 Å². The second-order valence-corrected chi connectivity index (χ2v) is 4.68. The molecule has 108 valence electrons. The number of carbonyl (C=O) groups is 1. The van der Waals surface area contributed by atoms with Gasteiger partial charge in [-0.15, -0.1) is 0 Å². The molecule has 0 bridgehead atoms. The van der Waals surface area contributed by atoms with Crippen molar-refractivity contribution in [1.82, 2.24) is 9.97 Å². The maximum absolute atomic E-state index is 11.9. The van der Waals surface area contributed by atoms with E-state index in [-0.39, 0.29) is 6.03 Å². The highest BCUT2D eigenvalue weighted by atomic mass is 16.5. The number of amides is 2. The largest absolute Gasteiger partial charge is 0.497 e. The average molecular weight is 284 g/mol. The number of imidazole rings is 1. The van der Waals surface area contributed by atoms with E-state index in [0.717, 1.165) is 29.3 Å². The van der Waals surface area contributed by atoms with Crippen LogP contribution in [-0.4, -0.2) is 23.1 Å². The number of fused-ring (bicyclic) bond motifs is 1. The van der Waals surface area contributed by atoms with Crippen molar-refractivity contribution in [3.63, 3.8) is 0 Å². The number of benzene rings is 1. The lowest BCUT2D eigenvalue weighted by Gasteiger charge is -2.06. The van der Waals surface area contributed by atoms with Crippen molar-refractivity contribution in [1.29, 1.82) is 0 Å². The first kappa shape index (κ1) is 13.2. The van der Waals surface area contributed by atoms with Crippen LogP contribution in [0.25, 0.3) is 12.2 Å². The Labute approximate surface area is 121 Å². The minimum Gasteiger partial charge on any atom is -0.497 e. The molecule has 6 heteroatoms. The molecule has 1 heterocycles. The van der Waals surface area contributed by atoms with Crippen LogP contribution in [0, 0.1) is 0 Å². The van der Waals surface area contributed by atoms with Gasteiger partial charge in [0.15, 0.2) is 0 Å². The molecule has 21 heavy (non-hydrogen) atoms. The van der Waals surface area contributed by atoms with Crippen molar-refractivity contribution >= 4 is 29.8 Å². The van der Waals surface area contributed by atoms with Gasteiger partial charge in [-0.1, -0.05) is 12.2 Å². The molecule has 0 saturated carbocycles. The summed E-state index contributed by atoms with van der Waals surface area (Å²) in [6, 6.07) is 6.77. The average Bonchev–Trinajstić information content (AvgIpc) is 2.90. The van der Waals surface area contributed by atoms with Crippen molar-refractivity contribution < 1.29 is 9.53 Å². The molecule has 3 N–H and O–H groups in total. The molecule has 6 nitrogen and oxygen atoms in total. The lowest BCUT2D eigenvalue weighted by molar-refractivity contribution is 0.262. The van der Waals surface area contributed by atoms with E-state index in [1.54, 1.807) is 31.4 Å². The molecule has 1 aromatic carbocycles. The number of anilines is 2. The van der Waals surface area contributed by atoms with Crippen molar-refractivity contribution in [3.8, 4) is 5.75 Å². The van der Waals surface area contributed by atoms with Crippen molar-refractivity contribution in [3.05, 3.63) is 35.0 Å². The molecule has 0 radical (unpaired) electrons. The van der Waals surface area contributed by atoms with Crippen LogP contribution in [0.2, 0.25) is 0 Å². The zero-order valence-corrected chi connectivity index (χ0v) is 11.6. The Bertz CT molecular complexity index is 728. The number of urea groups is 1. The Balaban J connectivity index is 1.67. The van der Waals surface area contributed by atoms with Crippen LogP contribution in [0.4, 0.5) is 16.4 Å². The van der Waals surface area contributed by atoms with E-state index in [1.165, 1.54) is 0 Å². The Morgan fingerprint density at radius 1 is 1.19 bits per heavy atom. The van der Waals surface area contributed by atoms with Gasteiger partial charge in [0.25, 0.3) is 0 Å². The van der Waals surface area contributed by atoms with Gasteiger partial charge in [0.2, 0.25) is 5.95 Å². The lowest BCUT2D eigenvalue weighted by Crippen LogP contribution is -2.26. The van der Waals surface area contributed by atoms with E-state index in [1.807, 2.05) is 0 Å². The Kier molecular flexibility index (Phi) is 3.59. The molecule has 0 unspecified atom stereocenters. The number of carbonyl (C=O) groups excluding carboxylic acids is 1. The molecule has 0 aliphatic heterocycles. The minimum absolute atomic E-state index is 0.341. The van der Waals surface area contributed by atoms with Gasteiger partial charge < -0.3 is 15.0 Å². The topological polar surface area (TPSA) is 79.0 Å². The number of aromatic amines is 1.